The van der Waals surface area contributed by atoms with E-state index in [4.69, 9.17) is 11.8 Å². The molecule has 0 heterocycles. The van der Waals surface area contributed by atoms with Crippen LogP contribution in [-0.2, 0) is 6.42 Å². The summed E-state index contributed by atoms with van der Waals surface area (Å²) in [7, 11) is 0. The van der Waals surface area contributed by atoms with Crippen molar-refractivity contribution in [3.05, 3.63) is 35.9 Å². The molecule has 0 atom stereocenters. The maximum atomic E-state index is 5.58. The molecule has 0 aliphatic carbocycles. The van der Waals surface area contributed by atoms with Crippen LogP contribution in [0.1, 0.15) is 5.56 Å². The van der Waals surface area contributed by atoms with Crippen LogP contribution in [0.4, 0.5) is 0 Å². The number of hydrogen-bond donors (Lipinski definition) is 0. The third kappa shape index (κ3) is 3.75. The first kappa shape index (κ1) is 9.04. The van der Waals surface area contributed by atoms with Crippen LogP contribution >= 0.6 is 27.9 Å². The Balaban J connectivity index is 2.39. The van der Waals surface area contributed by atoms with Gasteiger partial charge in [0.15, 0.2) is 0 Å². The Morgan fingerprint density at radius 3 is 2.45 bits per heavy atom. The molecule has 0 aliphatic rings. The molecule has 0 fully saturated rings. The van der Waals surface area contributed by atoms with Crippen LogP contribution in [-0.4, -0.2) is 9.99 Å². The van der Waals surface area contributed by atoms with E-state index in [1.165, 1.54) is 9.01 Å². The summed E-state index contributed by atoms with van der Waals surface area (Å²) in [5.74, 6) is 0. The summed E-state index contributed by atoms with van der Waals surface area (Å²) in [6.45, 7) is 0.811. The minimum Gasteiger partial charge on any atom is -0.154 e. The van der Waals surface area contributed by atoms with Gasteiger partial charge in [0, 0.05) is 22.7 Å². The van der Waals surface area contributed by atoms with Crippen molar-refractivity contribution in [3.8, 4) is 0 Å². The molecule has 0 aromatic heterocycles. The smallest absolute Gasteiger partial charge is 0.0296 e. The number of benzene rings is 1. The van der Waals surface area contributed by atoms with Crippen molar-refractivity contribution >= 4 is 27.9 Å². The summed E-state index contributed by atoms with van der Waals surface area (Å²) in [6.07, 6.45) is 0.968. The van der Waals surface area contributed by atoms with Crippen molar-refractivity contribution in [1.29, 1.82) is 0 Å². The summed E-state index contributed by atoms with van der Waals surface area (Å²) < 4.78 is 1.49. The highest BCUT2D eigenvalue weighted by Gasteiger charge is 1.94. The Morgan fingerprint density at radius 2 is 1.91 bits per heavy atom. The molecule has 1 aromatic carbocycles. The summed E-state index contributed by atoms with van der Waals surface area (Å²) >= 11 is 8.71. The Hall–Kier alpha value is -0.0500. The lowest BCUT2D eigenvalue weighted by Gasteiger charge is -2.03. The highest BCUT2D eigenvalue weighted by atomic mass is 79.9. The van der Waals surface area contributed by atoms with Gasteiger partial charge in [0.1, 0.15) is 0 Å². The van der Waals surface area contributed by atoms with Gasteiger partial charge in [-0.05, 0) is 23.8 Å². The fourth-order valence-electron chi connectivity index (χ4n) is 0.858. The third-order valence-corrected chi connectivity index (χ3v) is 1.94. The van der Waals surface area contributed by atoms with Gasteiger partial charge in [-0.15, -0.1) is 0 Å². The van der Waals surface area contributed by atoms with E-state index in [1.54, 1.807) is 0 Å². The van der Waals surface area contributed by atoms with E-state index in [9.17, 15) is 0 Å². The van der Waals surface area contributed by atoms with Crippen molar-refractivity contribution in [1.82, 2.24) is 3.45 Å². The Bertz CT molecular complexity index is 201. The lowest BCUT2D eigenvalue weighted by atomic mass is 10.2. The molecule has 11 heavy (non-hydrogen) atoms. The van der Waals surface area contributed by atoms with Crippen LogP contribution in [0.3, 0.4) is 0 Å². The minimum absolute atomic E-state index is 0.811. The van der Waals surface area contributed by atoms with Crippen LogP contribution < -0.4 is 0 Å². The molecule has 0 saturated heterocycles. The number of nitrogens with zero attached hydrogens (tertiary/aromatic N) is 1. The highest BCUT2D eigenvalue weighted by Crippen LogP contribution is 2.06. The highest BCUT2D eigenvalue weighted by molar-refractivity contribution is 9.08. The maximum absolute atomic E-state index is 5.58. The van der Waals surface area contributed by atoms with Crippen LogP contribution in [0.5, 0.6) is 0 Å². The third-order valence-electron chi connectivity index (χ3n) is 1.41. The zero-order valence-corrected chi connectivity index (χ0v) is 8.35. The first-order valence-electron chi connectivity index (χ1n) is 3.42. The fraction of sp³-hybridized carbons (Fsp3) is 0.250. The molecular formula is C8H9BrClN. The van der Waals surface area contributed by atoms with E-state index in [1.807, 2.05) is 18.2 Å². The Kier molecular flexibility index (Phi) is 3.91. The lowest BCUT2D eigenvalue weighted by molar-refractivity contribution is 0.729. The maximum Gasteiger partial charge on any atom is 0.0296 e. The molecule has 0 spiro atoms. The lowest BCUT2D eigenvalue weighted by Crippen LogP contribution is -2.02. The van der Waals surface area contributed by atoms with Gasteiger partial charge in [-0.3, -0.25) is 0 Å². The fourth-order valence-corrected chi connectivity index (χ4v) is 1.12. The second-order valence-corrected chi connectivity index (χ2v) is 3.93. The van der Waals surface area contributed by atoms with Crippen LogP contribution in [0.15, 0.2) is 30.3 Å². The van der Waals surface area contributed by atoms with Crippen molar-refractivity contribution < 1.29 is 0 Å². The summed E-state index contributed by atoms with van der Waals surface area (Å²) in [5, 5.41) is 0. The zero-order chi connectivity index (χ0) is 8.10. The first-order chi connectivity index (χ1) is 5.29. The molecular weight excluding hydrogens is 225 g/mol. The quantitative estimate of drug-likeness (QED) is 0.727. The Morgan fingerprint density at radius 1 is 1.27 bits per heavy atom. The van der Waals surface area contributed by atoms with Crippen LogP contribution in [0.2, 0.25) is 0 Å². The molecule has 0 bridgehead atoms. The zero-order valence-electron chi connectivity index (χ0n) is 6.00. The van der Waals surface area contributed by atoms with Crippen molar-refractivity contribution in [2.45, 2.75) is 6.42 Å². The monoisotopic (exact) mass is 233 g/mol. The molecule has 0 radical (unpaired) electrons. The van der Waals surface area contributed by atoms with Gasteiger partial charge in [0.05, 0.1) is 0 Å². The normalized spacial score (nSPS) is 10.5. The van der Waals surface area contributed by atoms with Gasteiger partial charge < -0.3 is 0 Å². The van der Waals surface area contributed by atoms with Crippen molar-refractivity contribution in [3.63, 3.8) is 0 Å². The topological polar surface area (TPSA) is 3.24 Å². The number of hydrogen-bond acceptors (Lipinski definition) is 1. The van der Waals surface area contributed by atoms with E-state index in [0.29, 0.717) is 0 Å². The van der Waals surface area contributed by atoms with Gasteiger partial charge in [-0.1, -0.05) is 30.3 Å². The second kappa shape index (κ2) is 4.75. The van der Waals surface area contributed by atoms with Crippen LogP contribution in [0.25, 0.3) is 0 Å². The van der Waals surface area contributed by atoms with Crippen LogP contribution in [0, 0.1) is 0 Å². The number of halogens is 2. The van der Waals surface area contributed by atoms with E-state index in [2.05, 4.69) is 28.3 Å². The molecule has 0 unspecified atom stereocenters. The largest absolute Gasteiger partial charge is 0.154 e. The van der Waals surface area contributed by atoms with Gasteiger partial charge in [0.25, 0.3) is 0 Å². The number of rotatable bonds is 3. The summed E-state index contributed by atoms with van der Waals surface area (Å²) in [5.41, 5.74) is 1.30. The molecule has 1 rings (SSSR count). The molecule has 3 heteroatoms. The van der Waals surface area contributed by atoms with Gasteiger partial charge in [0.2, 0.25) is 0 Å². The first-order valence-corrected chi connectivity index (χ1v) is 4.47. The van der Waals surface area contributed by atoms with Crippen molar-refractivity contribution in [2.75, 3.05) is 6.54 Å². The summed E-state index contributed by atoms with van der Waals surface area (Å²) in [6, 6.07) is 10.3. The van der Waals surface area contributed by atoms with Crippen molar-refractivity contribution in [2.24, 2.45) is 0 Å². The predicted molar refractivity (Wildman–Crippen MR) is 51.6 cm³/mol. The minimum atomic E-state index is 0.811. The van der Waals surface area contributed by atoms with E-state index < -0.39 is 0 Å². The second-order valence-electron chi connectivity index (χ2n) is 2.26. The molecule has 0 N–H and O–H groups in total. The van der Waals surface area contributed by atoms with E-state index >= 15 is 0 Å². The standard InChI is InChI=1S/C8H9BrClN/c9-11(10)7-6-8-4-2-1-3-5-8/h1-5H,6-7H2. The predicted octanol–water partition coefficient (Wildman–Crippen LogP) is 2.99. The molecule has 1 nitrogen and oxygen atoms in total. The van der Waals surface area contributed by atoms with Gasteiger partial charge in [-0.2, -0.15) is 3.45 Å². The molecule has 1 aromatic rings. The summed E-state index contributed by atoms with van der Waals surface area (Å²) in [4.78, 5) is 0. The molecule has 60 valence electrons. The Labute approximate surface area is 80.4 Å². The molecule has 0 saturated carbocycles. The van der Waals surface area contributed by atoms with E-state index in [-0.39, 0.29) is 0 Å². The van der Waals surface area contributed by atoms with E-state index in [0.717, 1.165) is 13.0 Å². The average Bonchev–Trinajstić information content (AvgIpc) is 2.03. The SMILES string of the molecule is ClN(Br)CCc1ccccc1. The van der Waals surface area contributed by atoms with Gasteiger partial charge in [-0.25, -0.2) is 0 Å². The average molecular weight is 235 g/mol. The molecule has 0 amide bonds. The van der Waals surface area contributed by atoms with Gasteiger partial charge >= 0.3 is 0 Å². The molecule has 0 aliphatic heterocycles.